The molecule has 1 aliphatic carbocycles. The standard InChI is InChI=1S/C25H19N5O3/c1-33-20-6-4-5-19(13-20)30-15-17(14-26-30)24(31)27-18-11-9-16(10-12-18)23-21-7-2-3-8-22(21)25(32)29-28-23/h2-15,22H,1H3,(H,27,31). The molecule has 2 amide bonds. The van der Waals surface area contributed by atoms with Crippen molar-refractivity contribution >= 4 is 23.2 Å². The SMILES string of the molecule is COc1cccc(-n2cc(C(=O)Nc3ccc(C4=C5C=CC=CC5C(=O)N=N4)cc3)cn2)c1. The van der Waals surface area contributed by atoms with Gasteiger partial charge in [0.1, 0.15) is 5.75 Å². The lowest BCUT2D eigenvalue weighted by atomic mass is 9.89. The van der Waals surface area contributed by atoms with E-state index in [1.807, 2.05) is 60.7 Å². The summed E-state index contributed by atoms with van der Waals surface area (Å²) in [5.41, 5.74) is 4.13. The van der Waals surface area contributed by atoms with Crippen molar-refractivity contribution < 1.29 is 14.3 Å². The van der Waals surface area contributed by atoms with Crippen LogP contribution in [0.1, 0.15) is 15.9 Å². The number of fused-ring (bicyclic) bond motifs is 1. The maximum Gasteiger partial charge on any atom is 0.276 e. The molecule has 2 heterocycles. The summed E-state index contributed by atoms with van der Waals surface area (Å²) in [6.45, 7) is 0. The predicted octanol–water partition coefficient (Wildman–Crippen LogP) is 4.58. The van der Waals surface area contributed by atoms with E-state index in [9.17, 15) is 9.59 Å². The van der Waals surface area contributed by atoms with Crippen molar-refractivity contribution in [1.29, 1.82) is 0 Å². The third kappa shape index (κ3) is 4.01. The second-order valence-electron chi connectivity index (χ2n) is 7.47. The van der Waals surface area contributed by atoms with Gasteiger partial charge >= 0.3 is 0 Å². The number of aromatic nitrogens is 2. The molecule has 0 saturated carbocycles. The molecular formula is C25H19N5O3. The van der Waals surface area contributed by atoms with E-state index < -0.39 is 5.92 Å². The number of nitrogens with zero attached hydrogens (tertiary/aromatic N) is 4. The molecule has 33 heavy (non-hydrogen) atoms. The third-order valence-corrected chi connectivity index (χ3v) is 5.39. The van der Waals surface area contributed by atoms with Crippen LogP contribution in [0.15, 0.2) is 101 Å². The minimum Gasteiger partial charge on any atom is -0.497 e. The molecule has 0 spiro atoms. The van der Waals surface area contributed by atoms with Gasteiger partial charge in [0, 0.05) is 23.5 Å². The number of ether oxygens (including phenoxy) is 1. The van der Waals surface area contributed by atoms with Gasteiger partial charge in [-0.05, 0) is 29.8 Å². The Hall–Kier alpha value is -4.59. The van der Waals surface area contributed by atoms with Crippen molar-refractivity contribution in [1.82, 2.24) is 9.78 Å². The molecule has 2 aromatic carbocycles. The lowest BCUT2D eigenvalue weighted by molar-refractivity contribution is -0.119. The normalized spacial score (nSPS) is 16.6. The van der Waals surface area contributed by atoms with Crippen molar-refractivity contribution in [3.63, 3.8) is 0 Å². The molecule has 5 rings (SSSR count). The molecule has 162 valence electrons. The molecule has 1 unspecified atom stereocenters. The monoisotopic (exact) mass is 437 g/mol. The summed E-state index contributed by atoms with van der Waals surface area (Å²) >= 11 is 0. The summed E-state index contributed by atoms with van der Waals surface area (Å²) in [7, 11) is 1.60. The van der Waals surface area contributed by atoms with Crippen LogP contribution in [-0.2, 0) is 4.79 Å². The number of carbonyl (C=O) groups excluding carboxylic acids is 2. The van der Waals surface area contributed by atoms with E-state index in [0.717, 1.165) is 16.8 Å². The summed E-state index contributed by atoms with van der Waals surface area (Å²) < 4.78 is 6.86. The number of hydrogen-bond acceptors (Lipinski definition) is 5. The second kappa shape index (κ2) is 8.51. The molecule has 8 nitrogen and oxygen atoms in total. The molecule has 8 heteroatoms. The first-order valence-corrected chi connectivity index (χ1v) is 10.3. The van der Waals surface area contributed by atoms with E-state index in [1.54, 1.807) is 30.1 Å². The van der Waals surface area contributed by atoms with E-state index in [1.165, 1.54) is 6.20 Å². The molecule has 1 aromatic heterocycles. The number of carbonyl (C=O) groups is 2. The van der Waals surface area contributed by atoms with Gasteiger partial charge in [-0.25, -0.2) is 4.68 Å². The Morgan fingerprint density at radius 3 is 2.76 bits per heavy atom. The molecule has 2 aliphatic rings. The van der Waals surface area contributed by atoms with Crippen LogP contribution in [-0.4, -0.2) is 28.7 Å². The molecule has 1 atom stereocenters. The number of hydrogen-bond donors (Lipinski definition) is 1. The van der Waals surface area contributed by atoms with Gasteiger partial charge in [0.25, 0.3) is 11.8 Å². The second-order valence-corrected chi connectivity index (χ2v) is 7.47. The third-order valence-electron chi connectivity index (χ3n) is 5.39. The van der Waals surface area contributed by atoms with E-state index in [0.29, 0.717) is 22.7 Å². The van der Waals surface area contributed by atoms with Crippen LogP contribution in [0.5, 0.6) is 5.75 Å². The number of allylic oxidation sites excluding steroid dienone is 3. The van der Waals surface area contributed by atoms with Crippen LogP contribution in [0.3, 0.4) is 0 Å². The van der Waals surface area contributed by atoms with Gasteiger partial charge in [0.05, 0.1) is 36.2 Å². The number of benzene rings is 2. The maximum absolute atomic E-state index is 12.7. The zero-order valence-electron chi connectivity index (χ0n) is 17.7. The van der Waals surface area contributed by atoms with Gasteiger partial charge < -0.3 is 10.1 Å². The number of nitrogens with one attached hydrogen (secondary N) is 1. The van der Waals surface area contributed by atoms with Crippen LogP contribution in [0, 0.1) is 5.92 Å². The van der Waals surface area contributed by atoms with Crippen molar-refractivity contribution in [2.24, 2.45) is 16.1 Å². The highest BCUT2D eigenvalue weighted by atomic mass is 16.5. The van der Waals surface area contributed by atoms with Gasteiger partial charge in [0.15, 0.2) is 0 Å². The van der Waals surface area contributed by atoms with Crippen LogP contribution in [0.2, 0.25) is 0 Å². The zero-order chi connectivity index (χ0) is 22.8. The Morgan fingerprint density at radius 2 is 1.94 bits per heavy atom. The van der Waals surface area contributed by atoms with Crippen molar-refractivity contribution in [3.8, 4) is 11.4 Å². The first kappa shape index (κ1) is 20.3. The molecular weight excluding hydrogens is 418 g/mol. The minimum atomic E-state index is -0.400. The first-order chi connectivity index (χ1) is 16.1. The van der Waals surface area contributed by atoms with Crippen molar-refractivity contribution in [3.05, 3.63) is 102 Å². The summed E-state index contributed by atoms with van der Waals surface area (Å²) in [5, 5.41) is 15.0. The average Bonchev–Trinajstić information content (AvgIpc) is 3.36. The summed E-state index contributed by atoms with van der Waals surface area (Å²) in [6.07, 6.45) is 10.6. The van der Waals surface area contributed by atoms with E-state index in [4.69, 9.17) is 4.74 Å². The molecule has 0 radical (unpaired) electrons. The van der Waals surface area contributed by atoms with Crippen LogP contribution in [0.4, 0.5) is 5.69 Å². The van der Waals surface area contributed by atoms with Gasteiger partial charge in [-0.15, -0.1) is 10.2 Å². The Bertz CT molecular complexity index is 1360. The fraction of sp³-hybridized carbons (Fsp3) is 0.0800. The van der Waals surface area contributed by atoms with Crippen LogP contribution >= 0.6 is 0 Å². The van der Waals surface area contributed by atoms with E-state index in [-0.39, 0.29) is 11.8 Å². The molecule has 0 saturated heterocycles. The summed E-state index contributed by atoms with van der Waals surface area (Å²) in [6, 6.07) is 14.7. The topological polar surface area (TPSA) is 97.9 Å². The van der Waals surface area contributed by atoms with Crippen molar-refractivity contribution in [2.45, 2.75) is 0 Å². The fourth-order valence-electron chi connectivity index (χ4n) is 3.68. The number of amides is 2. The number of azo groups is 1. The molecule has 0 fully saturated rings. The average molecular weight is 437 g/mol. The van der Waals surface area contributed by atoms with Gasteiger partial charge in [-0.2, -0.15) is 5.10 Å². The maximum atomic E-state index is 12.7. The Labute approximate surface area is 189 Å². The van der Waals surface area contributed by atoms with Gasteiger partial charge in [-0.1, -0.05) is 42.5 Å². The molecule has 1 N–H and O–H groups in total. The lowest BCUT2D eigenvalue weighted by Crippen LogP contribution is -2.17. The predicted molar refractivity (Wildman–Crippen MR) is 123 cm³/mol. The zero-order valence-corrected chi connectivity index (χ0v) is 17.7. The van der Waals surface area contributed by atoms with E-state index in [2.05, 4.69) is 20.6 Å². The Morgan fingerprint density at radius 1 is 1.09 bits per heavy atom. The summed E-state index contributed by atoms with van der Waals surface area (Å²) in [5.74, 6) is -0.240. The van der Waals surface area contributed by atoms with Crippen LogP contribution < -0.4 is 10.1 Å². The quantitative estimate of drug-likeness (QED) is 0.632. The van der Waals surface area contributed by atoms with E-state index >= 15 is 0 Å². The minimum absolute atomic E-state index is 0.271. The molecule has 1 aliphatic heterocycles. The summed E-state index contributed by atoms with van der Waals surface area (Å²) in [4.78, 5) is 24.7. The first-order valence-electron chi connectivity index (χ1n) is 10.3. The smallest absolute Gasteiger partial charge is 0.276 e. The highest BCUT2D eigenvalue weighted by molar-refractivity contribution is 6.04. The highest BCUT2D eigenvalue weighted by Gasteiger charge is 2.27. The largest absolute Gasteiger partial charge is 0.497 e. The van der Waals surface area contributed by atoms with Gasteiger partial charge in [-0.3, -0.25) is 9.59 Å². The highest BCUT2D eigenvalue weighted by Crippen LogP contribution is 2.34. The van der Waals surface area contributed by atoms with Crippen molar-refractivity contribution in [2.75, 3.05) is 12.4 Å². The molecule has 3 aromatic rings. The molecule has 0 bridgehead atoms. The van der Waals surface area contributed by atoms with Crippen LogP contribution in [0.25, 0.3) is 11.4 Å². The van der Waals surface area contributed by atoms with Gasteiger partial charge in [0.2, 0.25) is 0 Å². The Balaban J connectivity index is 1.32. The number of anilines is 1. The number of rotatable bonds is 5. The fourth-order valence-corrected chi connectivity index (χ4v) is 3.68. The lowest BCUT2D eigenvalue weighted by Gasteiger charge is -2.19. The number of methoxy groups -OCH3 is 1. The Kier molecular flexibility index (Phi) is 5.24.